The number of aliphatic hydroxyl groups is 1. The van der Waals surface area contributed by atoms with Gasteiger partial charge in [-0.05, 0) is 38.2 Å². The second-order valence-electron chi connectivity index (χ2n) is 5.02. The van der Waals surface area contributed by atoms with Crippen LogP contribution in [-0.2, 0) is 9.53 Å². The van der Waals surface area contributed by atoms with E-state index in [1.54, 1.807) is 12.2 Å². The molecule has 2 rings (SSSR count). The van der Waals surface area contributed by atoms with Crippen LogP contribution in [0.1, 0.15) is 24.5 Å². The lowest BCUT2D eigenvalue weighted by molar-refractivity contribution is -0.292. The van der Waals surface area contributed by atoms with Crippen molar-refractivity contribution in [1.29, 1.82) is 0 Å². The first-order valence-electron chi connectivity index (χ1n) is 6.71. The molecule has 0 bridgehead atoms. The van der Waals surface area contributed by atoms with Crippen molar-refractivity contribution in [3.05, 3.63) is 23.7 Å². The molecule has 3 atom stereocenters. The largest absolute Gasteiger partial charge is 0.466 e. The summed E-state index contributed by atoms with van der Waals surface area (Å²) < 4.78 is 50.2. The SMILES string of the molecule is CCOC(=O)[C@@H]1[C@H](c2ccc(C)o2)NC(=S)N[C@]1(O)C(F)(F)F. The molecule has 2 heterocycles. The molecule has 23 heavy (non-hydrogen) atoms. The van der Waals surface area contributed by atoms with Crippen molar-refractivity contribution in [2.24, 2.45) is 5.92 Å². The molecule has 0 amide bonds. The van der Waals surface area contributed by atoms with Crippen LogP contribution in [0.15, 0.2) is 16.5 Å². The van der Waals surface area contributed by atoms with Crippen LogP contribution in [-0.4, -0.2) is 34.7 Å². The average Bonchev–Trinajstić information content (AvgIpc) is 2.83. The molecular weight excluding hydrogens is 337 g/mol. The molecule has 1 saturated heterocycles. The number of ether oxygens (including phenoxy) is 1. The lowest BCUT2D eigenvalue weighted by Gasteiger charge is -2.44. The van der Waals surface area contributed by atoms with E-state index in [1.165, 1.54) is 19.1 Å². The molecule has 0 spiro atoms. The van der Waals surface area contributed by atoms with Gasteiger partial charge in [0.2, 0.25) is 0 Å². The number of halogens is 3. The van der Waals surface area contributed by atoms with Crippen molar-refractivity contribution in [2.45, 2.75) is 31.8 Å². The molecule has 1 aromatic rings. The van der Waals surface area contributed by atoms with Crippen molar-refractivity contribution in [3.8, 4) is 0 Å². The van der Waals surface area contributed by atoms with Crippen LogP contribution in [0, 0.1) is 12.8 Å². The maximum absolute atomic E-state index is 13.4. The zero-order valence-electron chi connectivity index (χ0n) is 12.2. The van der Waals surface area contributed by atoms with E-state index in [4.69, 9.17) is 21.4 Å². The van der Waals surface area contributed by atoms with Crippen molar-refractivity contribution in [3.63, 3.8) is 0 Å². The molecule has 1 aliphatic rings. The minimum atomic E-state index is -5.17. The highest BCUT2D eigenvalue weighted by Crippen LogP contribution is 2.43. The summed E-state index contributed by atoms with van der Waals surface area (Å²) in [5.74, 6) is -2.80. The number of hydrogen-bond acceptors (Lipinski definition) is 5. The standard InChI is InChI=1S/C13H15F3N2O4S/c1-3-21-10(19)8-9(7-5-4-6(2)22-7)17-11(23)18-12(8,20)13(14,15)16/h4-5,8-9,20H,3H2,1-2H3,(H2,17,18,23)/t8-,9-,12+/m0/s1. The van der Waals surface area contributed by atoms with Gasteiger partial charge in [0, 0.05) is 0 Å². The van der Waals surface area contributed by atoms with E-state index >= 15 is 0 Å². The fourth-order valence-corrected chi connectivity index (χ4v) is 2.68. The average molecular weight is 352 g/mol. The van der Waals surface area contributed by atoms with Gasteiger partial charge in [-0.25, -0.2) is 0 Å². The van der Waals surface area contributed by atoms with E-state index in [9.17, 15) is 23.1 Å². The zero-order chi connectivity index (χ0) is 17.4. The van der Waals surface area contributed by atoms with Gasteiger partial charge < -0.3 is 24.9 Å². The van der Waals surface area contributed by atoms with E-state index < -0.39 is 34.9 Å². The molecule has 1 aliphatic heterocycles. The summed E-state index contributed by atoms with van der Waals surface area (Å²) in [4.78, 5) is 12.1. The molecule has 0 saturated carbocycles. The number of carbonyl (C=O) groups is 1. The van der Waals surface area contributed by atoms with E-state index in [-0.39, 0.29) is 12.4 Å². The molecule has 0 aromatic carbocycles. The Morgan fingerprint density at radius 3 is 2.65 bits per heavy atom. The third-order valence-electron chi connectivity index (χ3n) is 3.41. The van der Waals surface area contributed by atoms with Crippen LogP contribution in [0.4, 0.5) is 13.2 Å². The molecule has 1 fully saturated rings. The maximum Gasteiger partial charge on any atom is 0.437 e. The highest BCUT2D eigenvalue weighted by molar-refractivity contribution is 7.80. The Bertz CT molecular complexity index is 619. The highest BCUT2D eigenvalue weighted by Gasteiger charge is 2.67. The number of esters is 1. The number of nitrogens with one attached hydrogen (secondary N) is 2. The van der Waals surface area contributed by atoms with Gasteiger partial charge >= 0.3 is 12.1 Å². The summed E-state index contributed by atoms with van der Waals surface area (Å²) in [6.07, 6.45) is -5.17. The van der Waals surface area contributed by atoms with Gasteiger partial charge in [-0.1, -0.05) is 0 Å². The monoisotopic (exact) mass is 352 g/mol. The molecule has 1 aromatic heterocycles. The Morgan fingerprint density at radius 2 is 2.17 bits per heavy atom. The predicted molar refractivity (Wildman–Crippen MR) is 76.2 cm³/mol. The van der Waals surface area contributed by atoms with Gasteiger partial charge in [0.25, 0.3) is 5.72 Å². The molecule has 0 unspecified atom stereocenters. The first-order valence-corrected chi connectivity index (χ1v) is 7.11. The van der Waals surface area contributed by atoms with Crippen molar-refractivity contribution >= 4 is 23.3 Å². The van der Waals surface area contributed by atoms with E-state index in [2.05, 4.69) is 5.32 Å². The number of alkyl halides is 3. The Labute approximate surface area is 135 Å². The Kier molecular flexibility index (Phi) is 4.58. The lowest BCUT2D eigenvalue weighted by Crippen LogP contribution is -2.72. The van der Waals surface area contributed by atoms with Gasteiger partial charge in [0.15, 0.2) is 5.11 Å². The number of carbonyl (C=O) groups excluding carboxylic acids is 1. The van der Waals surface area contributed by atoms with Gasteiger partial charge in [-0.15, -0.1) is 0 Å². The smallest absolute Gasteiger partial charge is 0.437 e. The normalized spacial score (nSPS) is 28.0. The number of aryl methyl sites for hydroxylation is 1. The Morgan fingerprint density at radius 1 is 1.52 bits per heavy atom. The van der Waals surface area contributed by atoms with Gasteiger partial charge in [0.1, 0.15) is 23.5 Å². The minimum Gasteiger partial charge on any atom is -0.466 e. The fourth-order valence-electron chi connectivity index (χ4n) is 2.39. The third kappa shape index (κ3) is 3.13. The number of hydrogen-bond donors (Lipinski definition) is 3. The summed E-state index contributed by atoms with van der Waals surface area (Å²) in [7, 11) is 0. The summed E-state index contributed by atoms with van der Waals surface area (Å²) in [5, 5.41) is 14.0. The summed E-state index contributed by atoms with van der Waals surface area (Å²) in [6, 6.07) is 1.60. The van der Waals surface area contributed by atoms with Crippen molar-refractivity contribution in [2.75, 3.05) is 6.61 Å². The van der Waals surface area contributed by atoms with Gasteiger partial charge in [0.05, 0.1) is 6.61 Å². The van der Waals surface area contributed by atoms with E-state index in [0.29, 0.717) is 5.76 Å². The van der Waals surface area contributed by atoms with Crippen molar-refractivity contribution in [1.82, 2.24) is 10.6 Å². The molecular formula is C13H15F3N2O4S. The Balaban J connectivity index is 2.53. The van der Waals surface area contributed by atoms with Crippen LogP contribution in [0.5, 0.6) is 0 Å². The van der Waals surface area contributed by atoms with Gasteiger partial charge in [-0.2, -0.15) is 13.2 Å². The molecule has 10 heteroatoms. The van der Waals surface area contributed by atoms with E-state index in [1.807, 2.05) is 0 Å². The van der Waals surface area contributed by atoms with Crippen LogP contribution in [0.25, 0.3) is 0 Å². The van der Waals surface area contributed by atoms with Crippen LogP contribution >= 0.6 is 12.2 Å². The van der Waals surface area contributed by atoms with Crippen molar-refractivity contribution < 1.29 is 32.2 Å². The second-order valence-corrected chi connectivity index (χ2v) is 5.43. The molecule has 6 nitrogen and oxygen atoms in total. The quantitative estimate of drug-likeness (QED) is 0.562. The molecule has 128 valence electrons. The zero-order valence-corrected chi connectivity index (χ0v) is 13.0. The summed E-state index contributed by atoms with van der Waals surface area (Å²) in [6.45, 7) is 2.90. The van der Waals surface area contributed by atoms with Crippen LogP contribution in [0.2, 0.25) is 0 Å². The second kappa shape index (κ2) is 6.00. The third-order valence-corrected chi connectivity index (χ3v) is 3.63. The van der Waals surface area contributed by atoms with Crippen LogP contribution in [0.3, 0.4) is 0 Å². The molecule has 0 aliphatic carbocycles. The van der Waals surface area contributed by atoms with E-state index in [0.717, 1.165) is 0 Å². The predicted octanol–water partition coefficient (Wildman–Crippen LogP) is 1.54. The minimum absolute atomic E-state index is 0.0343. The summed E-state index contributed by atoms with van der Waals surface area (Å²) in [5.41, 5.74) is -3.58. The first-order chi connectivity index (χ1) is 10.6. The highest BCUT2D eigenvalue weighted by atomic mass is 32.1. The summed E-state index contributed by atoms with van der Waals surface area (Å²) >= 11 is 4.74. The topological polar surface area (TPSA) is 83.7 Å². The number of thiocarbonyl (C=S) groups is 1. The van der Waals surface area contributed by atoms with Crippen LogP contribution < -0.4 is 10.6 Å². The number of rotatable bonds is 3. The molecule has 3 N–H and O–H groups in total. The maximum atomic E-state index is 13.4. The number of furan rings is 1. The molecule has 0 radical (unpaired) electrons. The first kappa shape index (κ1) is 17.5. The fraction of sp³-hybridized carbons (Fsp3) is 0.538. The Hall–Kier alpha value is -1.81. The van der Waals surface area contributed by atoms with Gasteiger partial charge in [-0.3, -0.25) is 4.79 Å². The lowest BCUT2D eigenvalue weighted by atomic mass is 9.84.